The van der Waals surface area contributed by atoms with Gasteiger partial charge in [-0.05, 0) is 6.42 Å². The van der Waals surface area contributed by atoms with Crippen LogP contribution in [-0.2, 0) is 11.8 Å². The number of aryl methyl sites for hydroxylation is 1. The minimum Gasteiger partial charge on any atom is -0.373 e. The topological polar surface area (TPSA) is 44.1 Å². The van der Waals surface area contributed by atoms with Crippen molar-refractivity contribution in [2.45, 2.75) is 25.9 Å². The van der Waals surface area contributed by atoms with Gasteiger partial charge >= 0.3 is 0 Å². The summed E-state index contributed by atoms with van der Waals surface area (Å²) in [5, 5.41) is 3.95. The standard InChI is InChI=1S/C10H16N2O2/c1-4-5-9(14-3)10(13)8-6-11-12(2)7-8/h6-7,9H,4-5H2,1-3H3. The highest BCUT2D eigenvalue weighted by molar-refractivity contribution is 5.99. The fourth-order valence-corrected chi connectivity index (χ4v) is 1.35. The van der Waals surface area contributed by atoms with E-state index in [9.17, 15) is 4.79 Å². The van der Waals surface area contributed by atoms with Crippen molar-refractivity contribution in [3.8, 4) is 0 Å². The summed E-state index contributed by atoms with van der Waals surface area (Å²) >= 11 is 0. The van der Waals surface area contributed by atoms with Crippen LogP contribution in [0.1, 0.15) is 30.1 Å². The molecule has 14 heavy (non-hydrogen) atoms. The predicted molar refractivity (Wildman–Crippen MR) is 53.2 cm³/mol. The molecule has 0 radical (unpaired) electrons. The van der Waals surface area contributed by atoms with Crippen molar-refractivity contribution in [3.63, 3.8) is 0 Å². The second-order valence-corrected chi connectivity index (χ2v) is 3.28. The average molecular weight is 196 g/mol. The molecule has 78 valence electrons. The van der Waals surface area contributed by atoms with Gasteiger partial charge < -0.3 is 4.74 Å². The summed E-state index contributed by atoms with van der Waals surface area (Å²) in [6.07, 6.45) is 4.65. The highest BCUT2D eigenvalue weighted by atomic mass is 16.5. The number of carbonyl (C=O) groups excluding carboxylic acids is 1. The smallest absolute Gasteiger partial charge is 0.194 e. The highest BCUT2D eigenvalue weighted by Crippen LogP contribution is 2.09. The van der Waals surface area contributed by atoms with E-state index in [1.807, 2.05) is 6.92 Å². The van der Waals surface area contributed by atoms with E-state index in [1.54, 1.807) is 31.2 Å². The lowest BCUT2D eigenvalue weighted by Gasteiger charge is -2.11. The minimum atomic E-state index is -0.329. The normalized spacial score (nSPS) is 12.8. The zero-order valence-electron chi connectivity index (χ0n) is 8.86. The zero-order valence-corrected chi connectivity index (χ0v) is 8.86. The van der Waals surface area contributed by atoms with E-state index in [2.05, 4.69) is 5.10 Å². The van der Waals surface area contributed by atoms with Crippen molar-refractivity contribution >= 4 is 5.78 Å². The van der Waals surface area contributed by atoms with Gasteiger partial charge in [0.15, 0.2) is 5.78 Å². The van der Waals surface area contributed by atoms with Crippen LogP contribution in [0.5, 0.6) is 0 Å². The van der Waals surface area contributed by atoms with Gasteiger partial charge in [0.1, 0.15) is 6.10 Å². The lowest BCUT2D eigenvalue weighted by molar-refractivity contribution is 0.0578. The van der Waals surface area contributed by atoms with Crippen LogP contribution in [0.3, 0.4) is 0 Å². The van der Waals surface area contributed by atoms with Gasteiger partial charge in [-0.1, -0.05) is 13.3 Å². The van der Waals surface area contributed by atoms with Crippen molar-refractivity contribution in [1.29, 1.82) is 0 Å². The number of aromatic nitrogens is 2. The number of hydrogen-bond donors (Lipinski definition) is 0. The fraction of sp³-hybridized carbons (Fsp3) is 0.600. The van der Waals surface area contributed by atoms with Crippen LogP contribution in [0.25, 0.3) is 0 Å². The Balaban J connectivity index is 2.72. The van der Waals surface area contributed by atoms with Gasteiger partial charge in [-0.15, -0.1) is 0 Å². The molecule has 0 aliphatic rings. The Morgan fingerprint density at radius 3 is 2.86 bits per heavy atom. The molecule has 1 aromatic rings. The lowest BCUT2D eigenvalue weighted by atomic mass is 10.1. The van der Waals surface area contributed by atoms with Crippen molar-refractivity contribution in [3.05, 3.63) is 18.0 Å². The molecule has 4 nitrogen and oxygen atoms in total. The van der Waals surface area contributed by atoms with Crippen molar-refractivity contribution in [1.82, 2.24) is 9.78 Å². The van der Waals surface area contributed by atoms with Gasteiger partial charge in [-0.3, -0.25) is 9.48 Å². The Hall–Kier alpha value is -1.16. The Morgan fingerprint density at radius 1 is 1.71 bits per heavy atom. The number of rotatable bonds is 5. The van der Waals surface area contributed by atoms with Crippen LogP contribution in [0.15, 0.2) is 12.4 Å². The summed E-state index contributed by atoms with van der Waals surface area (Å²) in [6, 6.07) is 0. The number of nitrogens with zero attached hydrogens (tertiary/aromatic N) is 2. The molecule has 1 aromatic heterocycles. The van der Waals surface area contributed by atoms with Crippen LogP contribution in [0, 0.1) is 0 Å². The van der Waals surface area contributed by atoms with Crippen LogP contribution < -0.4 is 0 Å². The molecule has 1 rings (SSSR count). The van der Waals surface area contributed by atoms with E-state index in [0.717, 1.165) is 12.8 Å². The molecule has 0 amide bonds. The van der Waals surface area contributed by atoms with Gasteiger partial charge in [0, 0.05) is 20.4 Å². The first kappa shape index (κ1) is 10.9. The van der Waals surface area contributed by atoms with Gasteiger partial charge in [0.05, 0.1) is 11.8 Å². The van der Waals surface area contributed by atoms with Crippen LogP contribution in [0.2, 0.25) is 0 Å². The molecule has 0 bridgehead atoms. The van der Waals surface area contributed by atoms with E-state index in [1.165, 1.54) is 0 Å². The Kier molecular flexibility index (Phi) is 3.83. The molecule has 0 saturated heterocycles. The molecule has 0 aromatic carbocycles. The van der Waals surface area contributed by atoms with Gasteiger partial charge in [-0.2, -0.15) is 5.10 Å². The van der Waals surface area contributed by atoms with Gasteiger partial charge in [0.2, 0.25) is 0 Å². The minimum absolute atomic E-state index is 0.0162. The SMILES string of the molecule is CCCC(OC)C(=O)c1cnn(C)c1. The highest BCUT2D eigenvalue weighted by Gasteiger charge is 2.19. The molecule has 0 spiro atoms. The number of methoxy groups -OCH3 is 1. The monoisotopic (exact) mass is 196 g/mol. The third kappa shape index (κ3) is 2.42. The second-order valence-electron chi connectivity index (χ2n) is 3.28. The third-order valence-corrected chi connectivity index (χ3v) is 2.12. The predicted octanol–water partition coefficient (Wildman–Crippen LogP) is 1.42. The molecule has 4 heteroatoms. The lowest BCUT2D eigenvalue weighted by Crippen LogP contribution is -2.22. The first-order valence-electron chi connectivity index (χ1n) is 4.74. The Morgan fingerprint density at radius 2 is 2.43 bits per heavy atom. The van der Waals surface area contributed by atoms with E-state index in [0.29, 0.717) is 5.56 Å². The molecule has 1 heterocycles. The molecule has 0 N–H and O–H groups in total. The molecular weight excluding hydrogens is 180 g/mol. The van der Waals surface area contributed by atoms with Gasteiger partial charge in [0.25, 0.3) is 0 Å². The summed E-state index contributed by atoms with van der Waals surface area (Å²) in [7, 11) is 3.35. The first-order chi connectivity index (χ1) is 6.69. The van der Waals surface area contributed by atoms with Crippen LogP contribution in [0.4, 0.5) is 0 Å². The summed E-state index contributed by atoms with van der Waals surface area (Å²) in [6.45, 7) is 2.03. The van der Waals surface area contributed by atoms with Crippen molar-refractivity contribution < 1.29 is 9.53 Å². The summed E-state index contributed by atoms with van der Waals surface area (Å²) in [5.74, 6) is 0.0162. The Bertz CT molecular complexity index is 307. The largest absolute Gasteiger partial charge is 0.373 e. The summed E-state index contributed by atoms with van der Waals surface area (Å²) in [5.41, 5.74) is 0.618. The van der Waals surface area contributed by atoms with Crippen molar-refractivity contribution in [2.75, 3.05) is 7.11 Å². The molecule has 0 aliphatic heterocycles. The molecule has 0 aliphatic carbocycles. The quantitative estimate of drug-likeness (QED) is 0.669. The number of hydrogen-bond acceptors (Lipinski definition) is 3. The molecule has 0 saturated carbocycles. The van der Waals surface area contributed by atoms with E-state index in [4.69, 9.17) is 4.74 Å². The maximum Gasteiger partial charge on any atom is 0.194 e. The van der Waals surface area contributed by atoms with Gasteiger partial charge in [-0.25, -0.2) is 0 Å². The van der Waals surface area contributed by atoms with E-state index in [-0.39, 0.29) is 11.9 Å². The number of Topliss-reactive ketones (excluding diaryl/α,β-unsaturated/α-hetero) is 1. The second kappa shape index (κ2) is 4.91. The summed E-state index contributed by atoms with van der Waals surface area (Å²) in [4.78, 5) is 11.8. The van der Waals surface area contributed by atoms with Crippen molar-refractivity contribution in [2.24, 2.45) is 7.05 Å². The number of ether oxygens (including phenoxy) is 1. The molecule has 1 unspecified atom stereocenters. The zero-order chi connectivity index (χ0) is 10.6. The number of carbonyl (C=O) groups is 1. The molecule has 0 fully saturated rings. The van der Waals surface area contributed by atoms with Crippen LogP contribution >= 0.6 is 0 Å². The number of ketones is 1. The van der Waals surface area contributed by atoms with E-state index < -0.39 is 0 Å². The first-order valence-corrected chi connectivity index (χ1v) is 4.74. The molecule has 1 atom stereocenters. The Labute approximate surface area is 83.9 Å². The van der Waals surface area contributed by atoms with Crippen LogP contribution in [-0.4, -0.2) is 28.8 Å². The summed E-state index contributed by atoms with van der Waals surface area (Å²) < 4.78 is 6.75. The maximum atomic E-state index is 11.8. The average Bonchev–Trinajstić information content (AvgIpc) is 2.60. The fourth-order valence-electron chi connectivity index (χ4n) is 1.35. The molecular formula is C10H16N2O2. The maximum absolute atomic E-state index is 11.8. The third-order valence-electron chi connectivity index (χ3n) is 2.12. The van der Waals surface area contributed by atoms with E-state index >= 15 is 0 Å².